The van der Waals surface area contributed by atoms with Gasteiger partial charge in [-0.2, -0.15) is 0 Å². The number of ketones is 2. The molecule has 0 amide bonds. The van der Waals surface area contributed by atoms with Crippen molar-refractivity contribution >= 4 is 35.1 Å². The van der Waals surface area contributed by atoms with Crippen LogP contribution in [-0.2, 0) is 23.9 Å². The topological polar surface area (TPSA) is 101 Å². The highest BCUT2D eigenvalue weighted by Crippen LogP contribution is 2.50. The number of fused-ring (bicyclic) bond motifs is 3. The van der Waals surface area contributed by atoms with Gasteiger partial charge in [0.05, 0.1) is 5.03 Å². The van der Waals surface area contributed by atoms with E-state index in [1.807, 2.05) is 17.1 Å². The van der Waals surface area contributed by atoms with Gasteiger partial charge in [0.15, 0.2) is 11.4 Å². The Bertz CT molecular complexity index is 1180. The SMILES string of the molecule is C/C=C(\C)C(=O)C1=C2C3=CN(CCCC(=O)O)C(/C=C/[C@@H](C)CC)=CC3=C(Cl)C(=O)[C@@]2(C)OC1=O. The number of nitrogens with zero attached hydrogens (tertiary/aromatic N) is 1. The molecule has 0 aromatic heterocycles. The van der Waals surface area contributed by atoms with Gasteiger partial charge in [0.25, 0.3) is 0 Å². The van der Waals surface area contributed by atoms with Crippen LogP contribution in [0.3, 0.4) is 0 Å². The van der Waals surface area contributed by atoms with Gasteiger partial charge in [0.1, 0.15) is 5.57 Å². The van der Waals surface area contributed by atoms with Crippen molar-refractivity contribution in [2.24, 2.45) is 5.92 Å². The number of carboxylic acids is 1. The Labute approximate surface area is 210 Å². The smallest absolute Gasteiger partial charge is 0.343 e. The van der Waals surface area contributed by atoms with Gasteiger partial charge >= 0.3 is 11.9 Å². The minimum Gasteiger partial charge on any atom is -0.481 e. The maximum Gasteiger partial charge on any atom is 0.343 e. The second kappa shape index (κ2) is 10.2. The lowest BCUT2D eigenvalue weighted by Gasteiger charge is -2.36. The van der Waals surface area contributed by atoms with Gasteiger partial charge in [0.2, 0.25) is 5.78 Å². The van der Waals surface area contributed by atoms with E-state index in [0.29, 0.717) is 35.6 Å². The summed E-state index contributed by atoms with van der Waals surface area (Å²) >= 11 is 6.52. The third-order valence-corrected chi connectivity index (χ3v) is 6.99. The summed E-state index contributed by atoms with van der Waals surface area (Å²) in [5, 5.41) is 9.02. The highest BCUT2D eigenvalue weighted by molar-refractivity contribution is 6.46. The molecule has 35 heavy (non-hydrogen) atoms. The number of esters is 1. The Morgan fingerprint density at radius 1 is 1.31 bits per heavy atom. The van der Waals surface area contributed by atoms with Crippen LogP contribution in [0.2, 0.25) is 0 Å². The molecule has 0 saturated heterocycles. The molecule has 2 heterocycles. The Hall–Kier alpha value is -3.19. The summed E-state index contributed by atoms with van der Waals surface area (Å²) in [6, 6.07) is 0. The first kappa shape index (κ1) is 26.4. The van der Waals surface area contributed by atoms with Crippen LogP contribution in [0.5, 0.6) is 0 Å². The Morgan fingerprint density at radius 2 is 2.00 bits per heavy atom. The van der Waals surface area contributed by atoms with Gasteiger partial charge in [-0.3, -0.25) is 14.4 Å². The first-order valence-electron chi connectivity index (χ1n) is 11.7. The molecule has 3 aliphatic rings. The number of halogens is 1. The van der Waals surface area contributed by atoms with Crippen LogP contribution in [0, 0.1) is 5.92 Å². The lowest BCUT2D eigenvalue weighted by atomic mass is 9.74. The molecular formula is C27H30ClNO6. The van der Waals surface area contributed by atoms with Crippen molar-refractivity contribution in [1.29, 1.82) is 0 Å². The van der Waals surface area contributed by atoms with E-state index in [1.54, 1.807) is 32.2 Å². The fraction of sp³-hybridized carbons (Fsp3) is 0.407. The minimum atomic E-state index is -1.72. The van der Waals surface area contributed by atoms with Gasteiger partial charge in [0, 0.05) is 41.6 Å². The van der Waals surface area contributed by atoms with E-state index >= 15 is 0 Å². The summed E-state index contributed by atoms with van der Waals surface area (Å²) in [5.41, 5.74) is 0.241. The average Bonchev–Trinajstić information content (AvgIpc) is 3.10. The third kappa shape index (κ3) is 4.82. The van der Waals surface area contributed by atoms with Crippen molar-refractivity contribution in [3.63, 3.8) is 0 Å². The third-order valence-electron chi connectivity index (χ3n) is 6.61. The van der Waals surface area contributed by atoms with Crippen molar-refractivity contribution in [3.05, 3.63) is 69.1 Å². The highest BCUT2D eigenvalue weighted by Gasteiger charge is 2.57. The van der Waals surface area contributed by atoms with Crippen LogP contribution < -0.4 is 0 Å². The molecule has 0 unspecified atom stereocenters. The van der Waals surface area contributed by atoms with E-state index in [0.717, 1.165) is 12.1 Å². The molecule has 7 nitrogen and oxygen atoms in total. The molecule has 0 aromatic rings. The molecule has 2 aliphatic heterocycles. The van der Waals surface area contributed by atoms with Crippen LogP contribution in [0.1, 0.15) is 53.9 Å². The molecule has 186 valence electrons. The summed E-state index contributed by atoms with van der Waals surface area (Å²) in [6.07, 6.45) is 10.3. The van der Waals surface area contributed by atoms with E-state index in [9.17, 15) is 19.2 Å². The molecule has 1 N–H and O–H groups in total. The molecule has 3 rings (SSSR count). The first-order chi connectivity index (χ1) is 16.5. The molecule has 2 atom stereocenters. The maximum absolute atomic E-state index is 13.3. The zero-order valence-electron chi connectivity index (χ0n) is 20.6. The van der Waals surface area contributed by atoms with Crippen molar-refractivity contribution in [1.82, 2.24) is 4.90 Å². The summed E-state index contributed by atoms with van der Waals surface area (Å²) in [4.78, 5) is 52.3. The molecule has 0 aromatic carbocycles. The second-order valence-electron chi connectivity index (χ2n) is 9.08. The van der Waals surface area contributed by atoms with Gasteiger partial charge < -0.3 is 14.7 Å². The molecule has 0 spiro atoms. The van der Waals surface area contributed by atoms with E-state index in [-0.39, 0.29) is 22.6 Å². The van der Waals surface area contributed by atoms with Gasteiger partial charge in [-0.1, -0.05) is 44.0 Å². The van der Waals surface area contributed by atoms with Crippen LogP contribution in [0.25, 0.3) is 0 Å². The van der Waals surface area contributed by atoms with Crippen molar-refractivity contribution in [2.75, 3.05) is 6.54 Å². The molecule has 0 bridgehead atoms. The predicted molar refractivity (Wildman–Crippen MR) is 132 cm³/mol. The van der Waals surface area contributed by atoms with E-state index in [2.05, 4.69) is 13.8 Å². The van der Waals surface area contributed by atoms with Gasteiger partial charge in [-0.15, -0.1) is 0 Å². The summed E-state index contributed by atoms with van der Waals surface area (Å²) < 4.78 is 5.48. The fourth-order valence-electron chi connectivity index (χ4n) is 4.17. The number of ether oxygens (including phenoxy) is 1. The molecule has 8 heteroatoms. The van der Waals surface area contributed by atoms with E-state index in [4.69, 9.17) is 21.4 Å². The largest absolute Gasteiger partial charge is 0.481 e. The Morgan fingerprint density at radius 3 is 2.60 bits per heavy atom. The Kier molecular flexibility index (Phi) is 7.70. The van der Waals surface area contributed by atoms with Crippen LogP contribution in [0.4, 0.5) is 0 Å². The Balaban J connectivity index is 2.23. The number of carbonyl (C=O) groups is 4. The van der Waals surface area contributed by atoms with Crippen LogP contribution in [-0.4, -0.2) is 45.7 Å². The number of rotatable bonds is 9. The molecular weight excluding hydrogens is 470 g/mol. The zero-order chi connectivity index (χ0) is 26.1. The summed E-state index contributed by atoms with van der Waals surface area (Å²) in [7, 11) is 0. The van der Waals surface area contributed by atoms with Crippen molar-refractivity contribution in [2.45, 2.75) is 59.5 Å². The lowest BCUT2D eigenvalue weighted by molar-refractivity contribution is -0.153. The predicted octanol–water partition coefficient (Wildman–Crippen LogP) is 4.76. The maximum atomic E-state index is 13.3. The normalized spacial score (nSPS) is 23.3. The fourth-order valence-corrected chi connectivity index (χ4v) is 4.51. The second-order valence-corrected chi connectivity index (χ2v) is 9.46. The van der Waals surface area contributed by atoms with Crippen molar-refractivity contribution in [3.8, 4) is 0 Å². The zero-order valence-corrected chi connectivity index (χ0v) is 21.4. The quantitative estimate of drug-likeness (QED) is 0.277. The summed E-state index contributed by atoms with van der Waals surface area (Å²) in [5.74, 6) is -2.55. The molecule has 1 aliphatic carbocycles. The lowest BCUT2D eigenvalue weighted by Crippen LogP contribution is -2.43. The number of hydrogen-bond acceptors (Lipinski definition) is 6. The highest BCUT2D eigenvalue weighted by atomic mass is 35.5. The van der Waals surface area contributed by atoms with Crippen LogP contribution in [0.15, 0.2) is 69.1 Å². The van der Waals surface area contributed by atoms with E-state index in [1.165, 1.54) is 6.92 Å². The monoisotopic (exact) mass is 499 g/mol. The number of hydrogen-bond donors (Lipinski definition) is 1. The number of carbonyl (C=O) groups excluding carboxylic acids is 3. The number of Topliss-reactive ketones (excluding diaryl/α,β-unsaturated/α-hetero) is 2. The standard InChI is InChI=1S/C27H30ClNO6/c1-6-15(3)10-11-17-13-18-19(14-29(17)12-8-9-20(30)31)22-21(24(32)16(4)7-2)26(34)35-27(22,5)25(33)23(18)28/h7,10-11,13-15H,6,8-9,12H2,1-5H3,(H,30,31)/b11-10+,16-7+/t15-,27-/m0/s1. The van der Waals surface area contributed by atoms with Crippen molar-refractivity contribution < 1.29 is 29.0 Å². The minimum absolute atomic E-state index is 0.0177. The first-order valence-corrected chi connectivity index (χ1v) is 12.0. The van der Waals surface area contributed by atoms with Crippen LogP contribution >= 0.6 is 11.6 Å². The number of aliphatic carboxylic acids is 1. The molecule has 0 fully saturated rings. The average molecular weight is 500 g/mol. The number of allylic oxidation sites excluding steroid dienone is 6. The molecule has 0 radical (unpaired) electrons. The number of carboxylic acid groups (broad SMARTS) is 1. The van der Waals surface area contributed by atoms with E-state index < -0.39 is 29.1 Å². The summed E-state index contributed by atoms with van der Waals surface area (Å²) in [6.45, 7) is 9.26. The van der Waals surface area contributed by atoms with Gasteiger partial charge in [-0.25, -0.2) is 4.79 Å². The van der Waals surface area contributed by atoms with Gasteiger partial charge in [-0.05, 0) is 50.8 Å². The molecule has 0 saturated carbocycles.